The average molecular weight is 449 g/mol. The molecule has 0 spiro atoms. The van der Waals surface area contributed by atoms with E-state index in [0.717, 1.165) is 0 Å². The van der Waals surface area contributed by atoms with E-state index in [4.69, 9.17) is 17.0 Å². The molecule has 0 aliphatic carbocycles. The Kier molecular flexibility index (Phi) is 7.50. The molecule has 0 atom stereocenters. The van der Waals surface area contributed by atoms with Crippen LogP contribution in [0.2, 0.25) is 0 Å². The summed E-state index contributed by atoms with van der Waals surface area (Å²) in [5.74, 6) is 0.757. The highest BCUT2D eigenvalue weighted by Gasteiger charge is 2.11. The molecule has 27 heavy (non-hydrogen) atoms. The molecule has 2 aromatic rings. The molecule has 7 heteroatoms. The van der Waals surface area contributed by atoms with Gasteiger partial charge in [0, 0.05) is 16.8 Å². The van der Waals surface area contributed by atoms with Gasteiger partial charge in [0.2, 0.25) is 0 Å². The van der Waals surface area contributed by atoms with Gasteiger partial charge in [0.1, 0.15) is 5.75 Å². The van der Waals surface area contributed by atoms with E-state index in [-0.39, 0.29) is 16.8 Å². The lowest BCUT2D eigenvalue weighted by molar-refractivity contribution is 0.0976. The normalized spacial score (nSPS) is 10.4. The summed E-state index contributed by atoms with van der Waals surface area (Å²) in [7, 11) is 0. The van der Waals surface area contributed by atoms with Gasteiger partial charge in [0.15, 0.2) is 10.9 Å². The van der Waals surface area contributed by atoms with Gasteiger partial charge in [0.05, 0.1) is 11.1 Å². The lowest BCUT2D eigenvalue weighted by Gasteiger charge is -2.12. The zero-order valence-electron chi connectivity index (χ0n) is 15.3. The first kappa shape index (κ1) is 21.1. The van der Waals surface area contributed by atoms with E-state index in [1.165, 1.54) is 6.92 Å². The molecule has 0 unspecified atom stereocenters. The van der Waals surface area contributed by atoms with Crippen LogP contribution in [0.1, 0.15) is 41.5 Å². The largest absolute Gasteiger partial charge is 0.492 e. The number of carbonyl (C=O) groups is 2. The van der Waals surface area contributed by atoms with E-state index in [2.05, 4.69) is 40.4 Å². The van der Waals surface area contributed by atoms with Gasteiger partial charge in [-0.15, -0.1) is 0 Å². The number of hydrogen-bond acceptors (Lipinski definition) is 4. The molecule has 0 saturated carbocycles. The second kappa shape index (κ2) is 9.62. The number of hydrogen-bond donors (Lipinski definition) is 2. The van der Waals surface area contributed by atoms with E-state index in [9.17, 15) is 9.59 Å². The van der Waals surface area contributed by atoms with Crippen LogP contribution in [-0.2, 0) is 0 Å². The Labute approximate surface area is 172 Å². The van der Waals surface area contributed by atoms with Crippen molar-refractivity contribution in [1.29, 1.82) is 0 Å². The Morgan fingerprint density at radius 2 is 1.74 bits per heavy atom. The molecule has 1 amide bonds. The first-order chi connectivity index (χ1) is 12.8. The molecule has 0 fully saturated rings. The minimum absolute atomic E-state index is 0.0103. The second-order valence-electron chi connectivity index (χ2n) is 6.39. The van der Waals surface area contributed by atoms with Gasteiger partial charge in [-0.1, -0.05) is 13.8 Å². The number of ketones is 1. The molecular formula is C20H21BrN2O3S. The first-order valence-electron chi connectivity index (χ1n) is 8.42. The fraction of sp³-hybridized carbons (Fsp3) is 0.250. The molecular weight excluding hydrogens is 428 g/mol. The number of rotatable bonds is 6. The summed E-state index contributed by atoms with van der Waals surface area (Å²) in [4.78, 5) is 23.7. The summed E-state index contributed by atoms with van der Waals surface area (Å²) < 4.78 is 6.38. The van der Waals surface area contributed by atoms with Crippen LogP contribution >= 0.6 is 28.1 Å². The molecule has 0 bridgehead atoms. The van der Waals surface area contributed by atoms with Crippen LogP contribution in [0.5, 0.6) is 5.75 Å². The van der Waals surface area contributed by atoms with E-state index in [1.807, 2.05) is 0 Å². The smallest absolute Gasteiger partial charge is 0.257 e. The standard InChI is InChI=1S/C20H21BrN2O3S/c1-12(2)11-26-18-9-6-15(10-17(18)21)19(25)23-20(27)22-16-7-4-14(5-8-16)13(3)24/h4-10,12H,11H2,1-3H3,(H2,22,23,25,27). The Morgan fingerprint density at radius 3 is 2.30 bits per heavy atom. The van der Waals surface area contributed by atoms with Crippen molar-refractivity contribution in [2.24, 2.45) is 5.92 Å². The van der Waals surface area contributed by atoms with Crippen LogP contribution in [0.4, 0.5) is 5.69 Å². The zero-order valence-corrected chi connectivity index (χ0v) is 17.7. The first-order valence-corrected chi connectivity index (χ1v) is 9.62. The van der Waals surface area contributed by atoms with Crippen molar-refractivity contribution in [3.05, 3.63) is 58.1 Å². The molecule has 0 heterocycles. The van der Waals surface area contributed by atoms with Crippen molar-refractivity contribution in [2.75, 3.05) is 11.9 Å². The lowest BCUT2D eigenvalue weighted by Crippen LogP contribution is -2.34. The van der Waals surface area contributed by atoms with E-state index < -0.39 is 0 Å². The maximum Gasteiger partial charge on any atom is 0.257 e. The Bertz CT molecular complexity index is 851. The predicted octanol–water partition coefficient (Wildman–Crippen LogP) is 4.81. The minimum atomic E-state index is -0.330. The molecule has 0 aliphatic heterocycles. The van der Waals surface area contributed by atoms with Gasteiger partial charge in [-0.05, 0) is 83.5 Å². The third kappa shape index (κ3) is 6.45. The number of thiocarbonyl (C=S) groups is 1. The molecule has 2 N–H and O–H groups in total. The molecule has 2 aromatic carbocycles. The molecule has 5 nitrogen and oxygen atoms in total. The third-order valence-corrected chi connectivity index (χ3v) is 4.37. The number of Topliss-reactive ketones (excluding diaryl/α,β-unsaturated/α-hetero) is 1. The number of anilines is 1. The second-order valence-corrected chi connectivity index (χ2v) is 7.65. The number of amides is 1. The SMILES string of the molecule is CC(=O)c1ccc(NC(=S)NC(=O)c2ccc(OCC(C)C)c(Br)c2)cc1. The van der Waals surface area contributed by atoms with Crippen molar-refractivity contribution < 1.29 is 14.3 Å². The van der Waals surface area contributed by atoms with Crippen LogP contribution in [0.15, 0.2) is 46.9 Å². The highest BCUT2D eigenvalue weighted by Crippen LogP contribution is 2.26. The summed E-state index contributed by atoms with van der Waals surface area (Å²) in [6, 6.07) is 12.0. The third-order valence-electron chi connectivity index (χ3n) is 3.54. The molecule has 2 rings (SSSR count). The van der Waals surface area contributed by atoms with Gasteiger partial charge in [-0.2, -0.15) is 0 Å². The van der Waals surface area contributed by atoms with Crippen molar-refractivity contribution in [1.82, 2.24) is 5.32 Å². The summed E-state index contributed by atoms with van der Waals surface area (Å²) in [5.41, 5.74) is 1.75. The van der Waals surface area contributed by atoms with Gasteiger partial charge in [-0.25, -0.2) is 0 Å². The van der Waals surface area contributed by atoms with Gasteiger partial charge in [0.25, 0.3) is 5.91 Å². The van der Waals surface area contributed by atoms with Gasteiger partial charge < -0.3 is 10.1 Å². The average Bonchev–Trinajstić information content (AvgIpc) is 2.60. The quantitative estimate of drug-likeness (QED) is 0.489. The molecule has 0 aliphatic rings. The van der Waals surface area contributed by atoms with Crippen LogP contribution in [0, 0.1) is 5.92 Å². The van der Waals surface area contributed by atoms with Crippen molar-refractivity contribution >= 4 is 50.6 Å². The lowest BCUT2D eigenvalue weighted by atomic mass is 10.1. The highest BCUT2D eigenvalue weighted by molar-refractivity contribution is 9.10. The highest BCUT2D eigenvalue weighted by atomic mass is 79.9. The molecule has 142 valence electrons. The maximum atomic E-state index is 12.4. The number of nitrogens with one attached hydrogen (secondary N) is 2. The summed E-state index contributed by atoms with van der Waals surface area (Å²) in [6.07, 6.45) is 0. The number of halogens is 1. The fourth-order valence-electron chi connectivity index (χ4n) is 2.14. The Hall–Kier alpha value is -2.25. The maximum absolute atomic E-state index is 12.4. The van der Waals surface area contributed by atoms with E-state index in [1.54, 1.807) is 42.5 Å². The van der Waals surface area contributed by atoms with Crippen molar-refractivity contribution in [3.8, 4) is 5.75 Å². The number of carbonyl (C=O) groups excluding carboxylic acids is 2. The molecule has 0 radical (unpaired) electrons. The Morgan fingerprint density at radius 1 is 1.11 bits per heavy atom. The summed E-state index contributed by atoms with van der Waals surface area (Å²) in [5, 5.41) is 5.72. The van der Waals surface area contributed by atoms with Crippen LogP contribution in [-0.4, -0.2) is 23.4 Å². The topological polar surface area (TPSA) is 67.4 Å². The van der Waals surface area contributed by atoms with Crippen LogP contribution in [0.25, 0.3) is 0 Å². The van der Waals surface area contributed by atoms with Gasteiger partial charge >= 0.3 is 0 Å². The van der Waals surface area contributed by atoms with Crippen molar-refractivity contribution in [3.63, 3.8) is 0 Å². The van der Waals surface area contributed by atoms with Crippen molar-refractivity contribution in [2.45, 2.75) is 20.8 Å². The zero-order chi connectivity index (χ0) is 20.0. The minimum Gasteiger partial charge on any atom is -0.492 e. The summed E-state index contributed by atoms with van der Waals surface area (Å²) >= 11 is 8.60. The number of ether oxygens (including phenoxy) is 1. The van der Waals surface area contributed by atoms with Crippen LogP contribution in [0.3, 0.4) is 0 Å². The molecule has 0 aromatic heterocycles. The number of benzene rings is 2. The Balaban J connectivity index is 1.96. The van der Waals surface area contributed by atoms with Crippen LogP contribution < -0.4 is 15.4 Å². The predicted molar refractivity (Wildman–Crippen MR) is 115 cm³/mol. The summed E-state index contributed by atoms with van der Waals surface area (Å²) in [6.45, 7) is 6.24. The van der Waals surface area contributed by atoms with E-state index >= 15 is 0 Å². The van der Waals surface area contributed by atoms with Gasteiger partial charge in [-0.3, -0.25) is 14.9 Å². The molecule has 0 saturated heterocycles. The fourth-order valence-corrected chi connectivity index (χ4v) is 2.85. The van der Waals surface area contributed by atoms with E-state index in [0.29, 0.717) is 39.6 Å². The monoisotopic (exact) mass is 448 g/mol.